The minimum atomic E-state index is -0.662. The second-order valence-corrected chi connectivity index (χ2v) is 7.43. The number of nitrogens with zero attached hydrogens (tertiary/aromatic N) is 3. The molecule has 0 spiro atoms. The number of carbonyl (C=O) groups is 2. The minimum absolute atomic E-state index is 0.0108. The molecule has 0 unspecified atom stereocenters. The van der Waals surface area contributed by atoms with Crippen molar-refractivity contribution in [2.75, 3.05) is 11.9 Å². The summed E-state index contributed by atoms with van der Waals surface area (Å²) in [5.74, 6) is -1.39. The number of nitriles is 1. The topological polar surface area (TPSA) is 86.1 Å². The Balaban J connectivity index is 1.86. The van der Waals surface area contributed by atoms with E-state index in [1.54, 1.807) is 29.2 Å². The Labute approximate surface area is 172 Å². The number of anilines is 1. The molecule has 0 saturated heterocycles. The van der Waals surface area contributed by atoms with Crippen molar-refractivity contribution in [3.8, 4) is 6.07 Å². The SMILES string of the molecule is CC(C)N1CCc2nc3ccccc3c(C(=O)Nc3ccc(F)c(C#N)c3)c2C1=O. The summed E-state index contributed by atoms with van der Waals surface area (Å²) >= 11 is 0. The highest BCUT2D eigenvalue weighted by Crippen LogP contribution is 2.30. The van der Waals surface area contributed by atoms with Crippen molar-refractivity contribution in [3.63, 3.8) is 0 Å². The number of hydrogen-bond acceptors (Lipinski definition) is 4. The molecule has 150 valence electrons. The van der Waals surface area contributed by atoms with Gasteiger partial charge in [-0.25, -0.2) is 4.39 Å². The maximum atomic E-state index is 13.6. The van der Waals surface area contributed by atoms with Crippen molar-refractivity contribution in [2.24, 2.45) is 0 Å². The highest BCUT2D eigenvalue weighted by Gasteiger charge is 2.33. The van der Waals surface area contributed by atoms with Gasteiger partial charge in [-0.05, 0) is 38.1 Å². The molecule has 1 aliphatic heterocycles. The van der Waals surface area contributed by atoms with Gasteiger partial charge in [0.25, 0.3) is 11.8 Å². The van der Waals surface area contributed by atoms with Gasteiger partial charge in [0.05, 0.1) is 27.9 Å². The average Bonchev–Trinajstić information content (AvgIpc) is 2.73. The fourth-order valence-electron chi connectivity index (χ4n) is 3.76. The van der Waals surface area contributed by atoms with Crippen LogP contribution in [0.1, 0.15) is 45.8 Å². The third-order valence-electron chi connectivity index (χ3n) is 5.23. The van der Waals surface area contributed by atoms with E-state index in [-0.39, 0.29) is 28.8 Å². The molecule has 30 heavy (non-hydrogen) atoms. The predicted molar refractivity (Wildman–Crippen MR) is 111 cm³/mol. The van der Waals surface area contributed by atoms with Crippen LogP contribution < -0.4 is 5.32 Å². The fourth-order valence-corrected chi connectivity index (χ4v) is 3.76. The van der Waals surface area contributed by atoms with Crippen molar-refractivity contribution < 1.29 is 14.0 Å². The molecular formula is C23H19FN4O2. The number of benzene rings is 2. The summed E-state index contributed by atoms with van der Waals surface area (Å²) in [5, 5.41) is 12.3. The van der Waals surface area contributed by atoms with E-state index in [2.05, 4.69) is 10.3 Å². The normalized spacial score (nSPS) is 13.3. The molecule has 1 N–H and O–H groups in total. The number of fused-ring (bicyclic) bond motifs is 2. The van der Waals surface area contributed by atoms with Crippen LogP contribution in [0.15, 0.2) is 42.5 Å². The van der Waals surface area contributed by atoms with Crippen molar-refractivity contribution in [1.29, 1.82) is 5.26 Å². The summed E-state index contributed by atoms with van der Waals surface area (Å²) in [6.07, 6.45) is 0.555. The summed E-state index contributed by atoms with van der Waals surface area (Å²) in [5.41, 5.74) is 1.87. The van der Waals surface area contributed by atoms with Gasteiger partial charge in [0.1, 0.15) is 11.9 Å². The molecule has 7 heteroatoms. The smallest absolute Gasteiger partial charge is 0.257 e. The largest absolute Gasteiger partial charge is 0.336 e. The molecule has 0 atom stereocenters. The zero-order valence-electron chi connectivity index (χ0n) is 16.6. The van der Waals surface area contributed by atoms with Crippen LogP contribution in [0, 0.1) is 17.1 Å². The maximum Gasteiger partial charge on any atom is 0.257 e. The molecule has 2 aromatic carbocycles. The Bertz CT molecular complexity index is 1230. The average molecular weight is 402 g/mol. The number of nitrogens with one attached hydrogen (secondary N) is 1. The lowest BCUT2D eigenvalue weighted by Gasteiger charge is -2.32. The van der Waals surface area contributed by atoms with Gasteiger partial charge < -0.3 is 10.2 Å². The number of hydrogen-bond donors (Lipinski definition) is 1. The van der Waals surface area contributed by atoms with Gasteiger partial charge in [0, 0.05) is 30.1 Å². The van der Waals surface area contributed by atoms with Crippen molar-refractivity contribution in [2.45, 2.75) is 26.3 Å². The maximum absolute atomic E-state index is 13.6. The summed E-state index contributed by atoms with van der Waals surface area (Å²) in [6, 6.07) is 12.7. The number of pyridine rings is 1. The van der Waals surface area contributed by atoms with Gasteiger partial charge in [0.2, 0.25) is 0 Å². The van der Waals surface area contributed by atoms with E-state index in [0.717, 1.165) is 6.07 Å². The Morgan fingerprint density at radius 3 is 2.77 bits per heavy atom. The predicted octanol–water partition coefficient (Wildman–Crippen LogP) is 3.90. The summed E-state index contributed by atoms with van der Waals surface area (Å²) in [6.45, 7) is 4.40. The number of amides is 2. The molecule has 3 aromatic rings. The van der Waals surface area contributed by atoms with Crippen molar-refractivity contribution >= 4 is 28.4 Å². The Kier molecular flexibility index (Phi) is 4.92. The van der Waals surface area contributed by atoms with Crippen molar-refractivity contribution in [3.05, 3.63) is 70.7 Å². The second-order valence-electron chi connectivity index (χ2n) is 7.43. The Morgan fingerprint density at radius 2 is 2.03 bits per heavy atom. The molecule has 0 aliphatic carbocycles. The van der Waals surface area contributed by atoms with Gasteiger partial charge in [-0.15, -0.1) is 0 Å². The van der Waals surface area contributed by atoms with Gasteiger partial charge in [-0.3, -0.25) is 14.6 Å². The fraction of sp³-hybridized carbons (Fsp3) is 0.217. The number of aromatic nitrogens is 1. The minimum Gasteiger partial charge on any atom is -0.336 e. The van der Waals surface area contributed by atoms with Crippen LogP contribution in [0.3, 0.4) is 0 Å². The van der Waals surface area contributed by atoms with E-state index >= 15 is 0 Å². The van der Waals surface area contributed by atoms with Gasteiger partial charge >= 0.3 is 0 Å². The number of para-hydroxylation sites is 1. The summed E-state index contributed by atoms with van der Waals surface area (Å²) in [4.78, 5) is 32.9. The standard InChI is InChI=1S/C23H19FN4O2/c1-13(2)28-10-9-19-21(23(28)30)20(16-5-3-4-6-18(16)27-19)22(29)26-15-7-8-17(24)14(11-15)12-25/h3-8,11,13H,9-10H2,1-2H3,(H,26,29). The van der Waals surface area contributed by atoms with Gasteiger partial charge in [-0.2, -0.15) is 5.26 Å². The first-order valence-corrected chi connectivity index (χ1v) is 9.64. The van der Waals surface area contributed by atoms with Gasteiger partial charge in [-0.1, -0.05) is 18.2 Å². The van der Waals surface area contributed by atoms with E-state index in [0.29, 0.717) is 35.1 Å². The Morgan fingerprint density at radius 1 is 1.27 bits per heavy atom. The number of halogens is 1. The lowest BCUT2D eigenvalue weighted by atomic mass is 9.94. The molecule has 2 amide bonds. The van der Waals surface area contributed by atoms with Crippen LogP contribution in [-0.4, -0.2) is 34.3 Å². The lowest BCUT2D eigenvalue weighted by Crippen LogP contribution is -2.43. The van der Waals surface area contributed by atoms with E-state index in [4.69, 9.17) is 5.26 Å². The van der Waals surface area contributed by atoms with Crippen LogP contribution in [0.25, 0.3) is 10.9 Å². The first kappa shape index (κ1) is 19.5. The third-order valence-corrected chi connectivity index (χ3v) is 5.23. The molecule has 1 aromatic heterocycles. The molecule has 2 heterocycles. The molecular weight excluding hydrogens is 383 g/mol. The number of rotatable bonds is 3. The lowest BCUT2D eigenvalue weighted by molar-refractivity contribution is 0.0682. The van der Waals surface area contributed by atoms with Gasteiger partial charge in [0.15, 0.2) is 0 Å². The van der Waals surface area contributed by atoms with Crippen LogP contribution in [0.4, 0.5) is 10.1 Å². The van der Waals surface area contributed by atoms with E-state index in [1.165, 1.54) is 12.1 Å². The highest BCUT2D eigenvalue weighted by molar-refractivity contribution is 6.19. The molecule has 0 radical (unpaired) electrons. The van der Waals surface area contributed by atoms with E-state index in [1.807, 2.05) is 19.9 Å². The van der Waals surface area contributed by atoms with Crippen LogP contribution in [0.5, 0.6) is 0 Å². The zero-order valence-corrected chi connectivity index (χ0v) is 16.6. The van der Waals surface area contributed by atoms with E-state index in [9.17, 15) is 14.0 Å². The molecule has 4 rings (SSSR count). The first-order chi connectivity index (χ1) is 14.4. The molecule has 6 nitrogen and oxygen atoms in total. The van der Waals surface area contributed by atoms with Crippen molar-refractivity contribution in [1.82, 2.24) is 9.88 Å². The zero-order chi connectivity index (χ0) is 21.4. The first-order valence-electron chi connectivity index (χ1n) is 9.64. The summed E-state index contributed by atoms with van der Waals surface area (Å²) < 4.78 is 13.6. The molecule has 0 bridgehead atoms. The monoisotopic (exact) mass is 402 g/mol. The molecule has 0 saturated carbocycles. The van der Waals surface area contributed by atoms with E-state index < -0.39 is 11.7 Å². The van der Waals surface area contributed by atoms with Crippen LogP contribution in [-0.2, 0) is 6.42 Å². The highest BCUT2D eigenvalue weighted by atomic mass is 19.1. The number of carbonyl (C=O) groups excluding carboxylic acids is 2. The summed E-state index contributed by atoms with van der Waals surface area (Å²) in [7, 11) is 0. The van der Waals surface area contributed by atoms with Crippen LogP contribution >= 0.6 is 0 Å². The molecule has 0 fully saturated rings. The van der Waals surface area contributed by atoms with Crippen LogP contribution in [0.2, 0.25) is 0 Å². The third kappa shape index (κ3) is 3.26. The Hall–Kier alpha value is -3.79. The quantitative estimate of drug-likeness (QED) is 0.720. The second kappa shape index (κ2) is 7.56. The molecule has 1 aliphatic rings.